The van der Waals surface area contributed by atoms with Crippen LogP contribution in [0.3, 0.4) is 0 Å². The summed E-state index contributed by atoms with van der Waals surface area (Å²) in [6.45, 7) is 0. The molecule has 2 aromatic rings. The van der Waals surface area contributed by atoms with Gasteiger partial charge >= 0.3 is 5.95 Å². The van der Waals surface area contributed by atoms with E-state index in [0.29, 0.717) is 18.5 Å². The number of nitrogens with zero attached hydrogens (tertiary/aromatic N) is 4. The molecular weight excluding hydrogens is 464 g/mol. The van der Waals surface area contributed by atoms with Gasteiger partial charge in [0.2, 0.25) is 5.91 Å². The van der Waals surface area contributed by atoms with Gasteiger partial charge in [0, 0.05) is 40.3 Å². The maximum Gasteiger partial charge on any atom is 0.421 e. The lowest BCUT2D eigenvalue weighted by atomic mass is 9.91. The molecule has 2 fully saturated rings. The largest absolute Gasteiger partial charge is 0.421 e. The topological polar surface area (TPSA) is 74.7 Å². The Kier molecular flexibility index (Phi) is 9.33. The highest BCUT2D eigenvalue weighted by Crippen LogP contribution is 2.39. The highest BCUT2D eigenvalue weighted by Gasteiger charge is 2.22. The normalized spacial score (nSPS) is 22.8. The number of amides is 1. The Morgan fingerprint density at radius 2 is 1.85 bits per heavy atom. The number of aryl methyl sites for hydroxylation is 2. The van der Waals surface area contributed by atoms with Crippen molar-refractivity contribution >= 4 is 44.8 Å². The van der Waals surface area contributed by atoms with Crippen LogP contribution in [0.5, 0.6) is 0 Å². The van der Waals surface area contributed by atoms with Crippen LogP contribution in [0.2, 0.25) is 0 Å². The van der Waals surface area contributed by atoms with Crippen LogP contribution in [0.25, 0.3) is 0 Å². The molecule has 34 heavy (non-hydrogen) atoms. The smallest absolute Gasteiger partial charge is 0.382 e. The molecule has 184 valence electrons. The summed E-state index contributed by atoms with van der Waals surface area (Å²) in [4.78, 5) is 12.3. The van der Waals surface area contributed by atoms with E-state index in [-0.39, 0.29) is 5.91 Å². The second kappa shape index (κ2) is 12.6. The van der Waals surface area contributed by atoms with E-state index < -0.39 is 0 Å². The summed E-state index contributed by atoms with van der Waals surface area (Å²) in [6.07, 6.45) is 13.6. The number of aromatic nitrogens is 2. The first-order valence-electron chi connectivity index (χ1n) is 12.4. The van der Waals surface area contributed by atoms with Gasteiger partial charge in [-0.15, -0.1) is 0 Å². The minimum absolute atomic E-state index is 0.235. The maximum absolute atomic E-state index is 12.3. The number of carbonyl (C=O) groups excluding carboxylic acids is 1. The maximum atomic E-state index is 12.3. The van der Waals surface area contributed by atoms with E-state index in [9.17, 15) is 4.79 Å². The molecule has 0 bridgehead atoms. The van der Waals surface area contributed by atoms with Crippen molar-refractivity contribution in [3.8, 4) is 0 Å². The van der Waals surface area contributed by atoms with Crippen molar-refractivity contribution in [2.45, 2.75) is 75.1 Å². The second-order valence-corrected chi connectivity index (χ2v) is 12.2. The predicted octanol–water partition coefficient (Wildman–Crippen LogP) is 5.82. The first-order valence-corrected chi connectivity index (χ1v) is 14.8. The van der Waals surface area contributed by atoms with Crippen molar-refractivity contribution in [2.24, 2.45) is 24.3 Å². The van der Waals surface area contributed by atoms with Crippen LogP contribution in [-0.4, -0.2) is 33.6 Å². The third-order valence-corrected chi connectivity index (χ3v) is 9.64. The zero-order valence-electron chi connectivity index (χ0n) is 20.3. The van der Waals surface area contributed by atoms with Gasteiger partial charge in [0.1, 0.15) is 5.69 Å². The average Bonchev–Trinajstić information content (AvgIpc) is 3.47. The molecule has 1 amide bonds. The van der Waals surface area contributed by atoms with E-state index in [1.807, 2.05) is 69.3 Å². The average molecular weight is 502 g/mol. The minimum atomic E-state index is 0.235. The molecule has 7 nitrogen and oxygen atoms in total. The zero-order valence-corrected chi connectivity index (χ0v) is 21.9. The SMILES string of the molecule is Cn1cc[n+](C)c1N=Nc1ccc(NC2CCC(NC(=O)CCCCC3CCSS3)CC2)cc1. The first-order chi connectivity index (χ1) is 16.6. The third-order valence-electron chi connectivity index (χ3n) is 6.64. The number of nitrogens with one attached hydrogen (secondary N) is 2. The van der Waals surface area contributed by atoms with Gasteiger partial charge in [0.25, 0.3) is 0 Å². The number of anilines is 1. The van der Waals surface area contributed by atoms with Crippen molar-refractivity contribution in [1.82, 2.24) is 9.88 Å². The highest BCUT2D eigenvalue weighted by atomic mass is 33.1. The molecule has 0 spiro atoms. The lowest BCUT2D eigenvalue weighted by molar-refractivity contribution is -0.657. The molecule has 1 atom stereocenters. The Labute approximate surface area is 211 Å². The Morgan fingerprint density at radius 1 is 1.09 bits per heavy atom. The standard InChI is InChI=1S/C25H36N6OS2/c1-30-16-17-31(2)25(30)29-28-22-13-11-20(12-14-22)26-19-7-9-21(10-8-19)27-24(32)6-4-3-5-23-15-18-33-34-23/h11-14,16-17,19,21,23H,3-10,15,18H2,1-2H3,(H,27,32)/p+1. The van der Waals surface area contributed by atoms with E-state index in [1.165, 1.54) is 25.0 Å². The fraction of sp³-hybridized carbons (Fsp3) is 0.600. The number of unbranched alkanes of at least 4 members (excludes halogenated alkanes) is 1. The minimum Gasteiger partial charge on any atom is -0.382 e. The highest BCUT2D eigenvalue weighted by molar-refractivity contribution is 8.77. The molecule has 2 heterocycles. The molecule has 1 aliphatic carbocycles. The lowest BCUT2D eigenvalue weighted by Gasteiger charge is -2.30. The summed E-state index contributed by atoms with van der Waals surface area (Å²) in [5.41, 5.74) is 1.94. The number of imidazole rings is 1. The van der Waals surface area contributed by atoms with Gasteiger partial charge in [0.15, 0.2) is 0 Å². The fourth-order valence-electron chi connectivity index (χ4n) is 4.59. The lowest BCUT2D eigenvalue weighted by Crippen LogP contribution is -2.40. The van der Waals surface area contributed by atoms with Gasteiger partial charge in [-0.05, 0) is 69.2 Å². The van der Waals surface area contributed by atoms with Crippen molar-refractivity contribution in [1.29, 1.82) is 0 Å². The van der Waals surface area contributed by atoms with Gasteiger partial charge in [-0.3, -0.25) is 4.79 Å². The van der Waals surface area contributed by atoms with E-state index in [2.05, 4.69) is 33.0 Å². The molecule has 1 saturated heterocycles. The molecular formula is C25H37N6OS2+. The number of benzene rings is 1. The summed E-state index contributed by atoms with van der Waals surface area (Å²) in [5, 5.41) is 16.4. The molecule has 1 aliphatic heterocycles. The Hall–Kier alpha value is -2.00. The van der Waals surface area contributed by atoms with Crippen LogP contribution in [0.4, 0.5) is 17.3 Å². The van der Waals surface area contributed by atoms with Crippen LogP contribution in [0.15, 0.2) is 46.9 Å². The molecule has 1 aromatic carbocycles. The van der Waals surface area contributed by atoms with E-state index >= 15 is 0 Å². The molecule has 1 unspecified atom stereocenters. The summed E-state index contributed by atoms with van der Waals surface area (Å²) in [7, 11) is 7.94. The summed E-state index contributed by atoms with van der Waals surface area (Å²) < 4.78 is 3.88. The second-order valence-electron chi connectivity index (χ2n) is 9.40. The van der Waals surface area contributed by atoms with Crippen LogP contribution in [0, 0.1) is 0 Å². The van der Waals surface area contributed by atoms with Crippen LogP contribution in [0.1, 0.15) is 57.8 Å². The monoisotopic (exact) mass is 501 g/mol. The zero-order chi connectivity index (χ0) is 23.8. The van der Waals surface area contributed by atoms with E-state index in [0.717, 1.165) is 54.7 Å². The van der Waals surface area contributed by atoms with E-state index in [4.69, 9.17) is 0 Å². The number of azo groups is 1. The van der Waals surface area contributed by atoms with Crippen LogP contribution in [-0.2, 0) is 18.9 Å². The molecule has 2 aliphatic rings. The Balaban J connectivity index is 1.13. The van der Waals surface area contributed by atoms with Crippen LogP contribution >= 0.6 is 21.6 Å². The van der Waals surface area contributed by atoms with Crippen molar-refractivity contribution in [3.63, 3.8) is 0 Å². The van der Waals surface area contributed by atoms with Gasteiger partial charge in [0.05, 0.1) is 26.5 Å². The molecule has 4 rings (SSSR count). The Morgan fingerprint density at radius 3 is 2.53 bits per heavy atom. The summed E-state index contributed by atoms with van der Waals surface area (Å²) in [6, 6.07) is 8.89. The number of carbonyl (C=O) groups is 1. The molecule has 1 aromatic heterocycles. The quantitative estimate of drug-likeness (QED) is 0.186. The molecule has 9 heteroatoms. The van der Waals surface area contributed by atoms with Crippen molar-refractivity contribution < 1.29 is 9.36 Å². The van der Waals surface area contributed by atoms with Crippen LogP contribution < -0.4 is 15.2 Å². The predicted molar refractivity (Wildman–Crippen MR) is 142 cm³/mol. The summed E-state index contributed by atoms with van der Waals surface area (Å²) >= 11 is 0. The molecule has 0 radical (unpaired) electrons. The molecule has 2 N–H and O–H groups in total. The van der Waals surface area contributed by atoms with Gasteiger partial charge in [-0.2, -0.15) is 0 Å². The van der Waals surface area contributed by atoms with Gasteiger partial charge < -0.3 is 10.6 Å². The van der Waals surface area contributed by atoms with E-state index in [1.54, 1.807) is 0 Å². The van der Waals surface area contributed by atoms with Gasteiger partial charge in [-0.25, -0.2) is 9.13 Å². The third kappa shape index (κ3) is 7.50. The number of rotatable bonds is 10. The summed E-state index contributed by atoms with van der Waals surface area (Å²) in [5.74, 6) is 2.32. The van der Waals surface area contributed by atoms with Gasteiger partial charge in [-0.1, -0.05) is 33.1 Å². The van der Waals surface area contributed by atoms with Crippen molar-refractivity contribution in [2.75, 3.05) is 11.1 Å². The molecule has 1 saturated carbocycles. The number of hydrogen-bond donors (Lipinski definition) is 2. The van der Waals surface area contributed by atoms with Crippen molar-refractivity contribution in [3.05, 3.63) is 36.7 Å². The first kappa shape index (κ1) is 25.1. The Bertz CT molecular complexity index is 927. The number of hydrogen-bond acceptors (Lipinski definition) is 6. The fourth-order valence-corrected chi connectivity index (χ4v) is 7.62.